The van der Waals surface area contributed by atoms with Crippen molar-refractivity contribution in [1.29, 1.82) is 0 Å². The third-order valence-electron chi connectivity index (χ3n) is 1.78. The Labute approximate surface area is 114 Å². The summed E-state index contributed by atoms with van der Waals surface area (Å²) in [6.07, 6.45) is 10.1. The molecule has 0 aliphatic carbocycles. The number of halogens is 3. The Bertz CT molecular complexity index is 54.8. The Hall–Kier alpha value is 1.58. The second-order valence-electron chi connectivity index (χ2n) is 2.87. The Balaban J connectivity index is -0.000000135. The normalized spacial score (nSPS) is 7.92. The average Bonchev–Trinajstić information content (AvgIpc) is 1.97. The van der Waals surface area contributed by atoms with Gasteiger partial charge in [-0.1, -0.05) is 0 Å². The Kier molecular flexibility index (Phi) is 43.3. The first-order valence-corrected chi connectivity index (χ1v) is 5.66. The summed E-state index contributed by atoms with van der Waals surface area (Å²) >= 11 is 2.27. The summed E-state index contributed by atoms with van der Waals surface area (Å²) in [5.74, 6) is 0. The Morgan fingerprint density at radius 1 is 0.692 bits per heavy atom. The molecule has 80 valence electrons. The second kappa shape index (κ2) is 23.4. The third-order valence-corrected chi connectivity index (χ3v) is 2.33. The molecule has 0 N–H and O–H groups in total. The zero-order chi connectivity index (χ0) is 7.66. The SMILES string of the molecule is CCCCCCCC[CH2][Ti+3].[Cl-].[Cl-].[Cl-]. The van der Waals surface area contributed by atoms with Crippen molar-refractivity contribution in [2.24, 2.45) is 0 Å². The van der Waals surface area contributed by atoms with Crippen LogP contribution in [0, 0.1) is 0 Å². The van der Waals surface area contributed by atoms with Gasteiger partial charge in [-0.3, -0.25) is 0 Å². The summed E-state index contributed by atoms with van der Waals surface area (Å²) < 4.78 is 1.37. The summed E-state index contributed by atoms with van der Waals surface area (Å²) in [5, 5.41) is 0. The molecule has 0 unspecified atom stereocenters. The first-order valence-electron chi connectivity index (χ1n) is 4.56. The van der Waals surface area contributed by atoms with Crippen LogP contribution in [0.15, 0.2) is 0 Å². The van der Waals surface area contributed by atoms with Gasteiger partial charge in [-0.2, -0.15) is 0 Å². The van der Waals surface area contributed by atoms with Crippen LogP contribution in [0.1, 0.15) is 51.9 Å². The van der Waals surface area contributed by atoms with E-state index in [9.17, 15) is 0 Å². The van der Waals surface area contributed by atoms with Gasteiger partial charge in [-0.15, -0.1) is 0 Å². The van der Waals surface area contributed by atoms with Crippen LogP contribution in [0.5, 0.6) is 0 Å². The maximum Gasteiger partial charge on any atom is -1.00 e. The van der Waals surface area contributed by atoms with Crippen LogP contribution in [0.2, 0.25) is 4.73 Å². The number of unbranched alkanes of at least 4 members (excludes halogenated alkanes) is 6. The molecular weight excluding hydrogens is 262 g/mol. The van der Waals surface area contributed by atoms with Crippen LogP contribution in [0.25, 0.3) is 0 Å². The van der Waals surface area contributed by atoms with Crippen LogP contribution in [-0.2, 0) is 20.4 Å². The minimum absolute atomic E-state index is 0. The molecule has 0 atom stereocenters. The molecule has 0 fully saturated rings. The van der Waals surface area contributed by atoms with Crippen molar-refractivity contribution in [3.05, 3.63) is 0 Å². The molecule has 0 aromatic rings. The van der Waals surface area contributed by atoms with Crippen molar-refractivity contribution in [3.8, 4) is 0 Å². The fourth-order valence-corrected chi connectivity index (χ4v) is 1.47. The van der Waals surface area contributed by atoms with E-state index in [4.69, 9.17) is 0 Å². The smallest absolute Gasteiger partial charge is 1.00 e. The van der Waals surface area contributed by atoms with E-state index in [1.165, 1.54) is 49.7 Å². The predicted molar refractivity (Wildman–Crippen MR) is 42.8 cm³/mol. The second-order valence-corrected chi connectivity index (χ2v) is 3.65. The van der Waals surface area contributed by atoms with Gasteiger partial charge >= 0.3 is 77.0 Å². The quantitative estimate of drug-likeness (QED) is 0.323. The molecule has 0 saturated heterocycles. The zero-order valence-corrected chi connectivity index (χ0v) is 12.1. The molecule has 0 heterocycles. The summed E-state index contributed by atoms with van der Waals surface area (Å²) in [7, 11) is 0. The molecular formula is C9H19Cl3Ti. The fourth-order valence-electron chi connectivity index (χ4n) is 1.08. The van der Waals surface area contributed by atoms with Crippen molar-refractivity contribution in [2.45, 2.75) is 56.6 Å². The molecule has 0 aliphatic rings. The Morgan fingerprint density at radius 3 is 1.46 bits per heavy atom. The van der Waals surface area contributed by atoms with Crippen molar-refractivity contribution in [1.82, 2.24) is 0 Å². The van der Waals surface area contributed by atoms with Crippen LogP contribution in [0.4, 0.5) is 0 Å². The molecule has 4 heteroatoms. The molecule has 0 rings (SSSR count). The fraction of sp³-hybridized carbons (Fsp3) is 1.00. The van der Waals surface area contributed by atoms with Gasteiger partial charge in [-0.25, -0.2) is 0 Å². The largest absolute Gasteiger partial charge is 1.00 e. The molecule has 0 aromatic carbocycles. The van der Waals surface area contributed by atoms with Crippen LogP contribution in [0.3, 0.4) is 0 Å². The van der Waals surface area contributed by atoms with E-state index in [0.29, 0.717) is 0 Å². The standard InChI is InChI=1S/C9H19.3ClH.Ti/c1-3-5-7-9-8-6-4-2;;;;/h1,3-9H2,2H3;3*1H;/q;;;;+3/p-3. The minimum Gasteiger partial charge on any atom is -1.00 e. The van der Waals surface area contributed by atoms with Gasteiger partial charge < -0.3 is 37.2 Å². The molecule has 0 saturated carbocycles. The molecule has 13 heavy (non-hydrogen) atoms. The molecule has 0 nitrogen and oxygen atoms in total. The van der Waals surface area contributed by atoms with E-state index in [-0.39, 0.29) is 37.2 Å². The van der Waals surface area contributed by atoms with Gasteiger partial charge in [0.05, 0.1) is 0 Å². The van der Waals surface area contributed by atoms with Gasteiger partial charge in [0.1, 0.15) is 0 Å². The molecule has 0 bridgehead atoms. The molecule has 0 aromatic heterocycles. The van der Waals surface area contributed by atoms with Crippen molar-refractivity contribution < 1.29 is 57.7 Å². The van der Waals surface area contributed by atoms with E-state index < -0.39 is 0 Å². The third kappa shape index (κ3) is 24.7. The van der Waals surface area contributed by atoms with E-state index >= 15 is 0 Å². The van der Waals surface area contributed by atoms with Crippen molar-refractivity contribution in [2.75, 3.05) is 0 Å². The number of hydrogen-bond acceptors (Lipinski definition) is 0. The van der Waals surface area contributed by atoms with Gasteiger partial charge in [-0.05, 0) is 0 Å². The van der Waals surface area contributed by atoms with Crippen LogP contribution < -0.4 is 37.2 Å². The zero-order valence-electron chi connectivity index (χ0n) is 8.29. The monoisotopic (exact) mass is 280 g/mol. The molecule has 0 spiro atoms. The maximum absolute atomic E-state index is 2.27. The minimum atomic E-state index is 0. The van der Waals surface area contributed by atoms with E-state index in [1.54, 1.807) is 0 Å². The van der Waals surface area contributed by atoms with E-state index in [2.05, 4.69) is 27.4 Å². The molecule has 0 amide bonds. The first kappa shape index (κ1) is 24.0. The molecule has 0 aliphatic heterocycles. The van der Waals surface area contributed by atoms with Gasteiger partial charge in [0, 0.05) is 0 Å². The maximum atomic E-state index is 2.27. The molecule has 0 radical (unpaired) electrons. The van der Waals surface area contributed by atoms with Gasteiger partial charge in [0.2, 0.25) is 0 Å². The summed E-state index contributed by atoms with van der Waals surface area (Å²) in [6.45, 7) is 2.27. The van der Waals surface area contributed by atoms with Crippen molar-refractivity contribution in [3.63, 3.8) is 0 Å². The number of rotatable bonds is 7. The first-order chi connectivity index (χ1) is 4.91. The summed E-state index contributed by atoms with van der Waals surface area (Å²) in [4.78, 5) is 0. The van der Waals surface area contributed by atoms with Gasteiger partial charge in [0.25, 0.3) is 0 Å². The Morgan fingerprint density at radius 2 is 1.08 bits per heavy atom. The average molecular weight is 281 g/mol. The van der Waals surface area contributed by atoms with E-state index in [0.717, 1.165) is 0 Å². The number of hydrogen-bond donors (Lipinski definition) is 0. The van der Waals surface area contributed by atoms with Crippen LogP contribution in [-0.4, -0.2) is 0 Å². The predicted octanol–water partition coefficient (Wildman–Crippen LogP) is -5.29. The topological polar surface area (TPSA) is 0 Å². The summed E-state index contributed by atoms with van der Waals surface area (Å²) in [6, 6.07) is 0. The van der Waals surface area contributed by atoms with E-state index in [1.807, 2.05) is 0 Å². The van der Waals surface area contributed by atoms with Crippen molar-refractivity contribution >= 4 is 0 Å². The summed E-state index contributed by atoms with van der Waals surface area (Å²) in [5.41, 5.74) is 0. The van der Waals surface area contributed by atoms with Crippen LogP contribution >= 0.6 is 0 Å². The van der Waals surface area contributed by atoms with Gasteiger partial charge in [0.15, 0.2) is 0 Å².